The maximum Gasteiger partial charge on any atom is 0.408 e. The van der Waals surface area contributed by atoms with Gasteiger partial charge in [0.2, 0.25) is 5.91 Å². The van der Waals surface area contributed by atoms with E-state index in [0.717, 1.165) is 16.3 Å². The predicted molar refractivity (Wildman–Crippen MR) is 151 cm³/mol. The number of nitrogens with zero attached hydrogens (tertiary/aromatic N) is 1. The molecule has 0 spiro atoms. The molecule has 1 aliphatic carbocycles. The zero-order valence-corrected chi connectivity index (χ0v) is 23.1. The van der Waals surface area contributed by atoms with Crippen LogP contribution in [0.3, 0.4) is 0 Å². The van der Waals surface area contributed by atoms with Crippen LogP contribution in [0.4, 0.5) is 10.5 Å². The Morgan fingerprint density at radius 3 is 2.33 bits per heavy atom. The molecule has 39 heavy (non-hydrogen) atoms. The standard InChI is InChI=1S/C31H37N3O5/c1-19-9-8-12-23(15-19)27(28(36)32-24-14-13-21-10-6-7-11-22(21)17-24)34(26-16-20(26)2)29(37)25(18-35)33-30(38)39-31(3,4)5/h6-15,17,20,25-27,35H,16,18H2,1-5H3,(H,32,36)(H,33,38). The summed E-state index contributed by atoms with van der Waals surface area (Å²) < 4.78 is 5.31. The van der Waals surface area contributed by atoms with Gasteiger partial charge in [-0.2, -0.15) is 0 Å². The van der Waals surface area contributed by atoms with Crippen molar-refractivity contribution in [3.05, 3.63) is 77.9 Å². The van der Waals surface area contributed by atoms with Crippen LogP contribution in [0.5, 0.6) is 0 Å². The Morgan fingerprint density at radius 1 is 1.03 bits per heavy atom. The van der Waals surface area contributed by atoms with E-state index in [9.17, 15) is 19.5 Å². The third-order valence-corrected chi connectivity index (χ3v) is 6.75. The summed E-state index contributed by atoms with van der Waals surface area (Å²) in [7, 11) is 0. The Labute approximate surface area is 229 Å². The molecular formula is C31H37N3O5. The summed E-state index contributed by atoms with van der Waals surface area (Å²) >= 11 is 0. The molecule has 8 heteroatoms. The molecule has 0 aliphatic heterocycles. The van der Waals surface area contributed by atoms with E-state index in [1.807, 2.05) is 80.6 Å². The van der Waals surface area contributed by atoms with Gasteiger partial charge in [0.25, 0.3) is 5.91 Å². The van der Waals surface area contributed by atoms with Crippen LogP contribution < -0.4 is 10.6 Å². The van der Waals surface area contributed by atoms with E-state index in [0.29, 0.717) is 17.7 Å². The first kappa shape index (κ1) is 28.1. The summed E-state index contributed by atoms with van der Waals surface area (Å²) in [5.74, 6) is -0.759. The summed E-state index contributed by atoms with van der Waals surface area (Å²) in [4.78, 5) is 41.9. The predicted octanol–water partition coefficient (Wildman–Crippen LogP) is 4.95. The smallest absolute Gasteiger partial charge is 0.408 e. The molecule has 0 bridgehead atoms. The normalized spacial score (nSPS) is 18.1. The second-order valence-electron chi connectivity index (χ2n) is 11.3. The molecule has 3 N–H and O–H groups in total. The average Bonchev–Trinajstić information content (AvgIpc) is 3.59. The number of amides is 3. The average molecular weight is 532 g/mol. The summed E-state index contributed by atoms with van der Waals surface area (Å²) in [5, 5.41) is 17.6. The second kappa shape index (κ2) is 11.5. The Kier molecular flexibility index (Phi) is 8.25. The summed E-state index contributed by atoms with van der Waals surface area (Å²) in [5.41, 5.74) is 1.42. The number of alkyl carbamates (subject to hydrolysis) is 1. The number of hydrogen-bond acceptors (Lipinski definition) is 5. The zero-order chi connectivity index (χ0) is 28.3. The van der Waals surface area contributed by atoms with Gasteiger partial charge in [0.05, 0.1) is 6.61 Å². The minimum atomic E-state index is -1.27. The first-order chi connectivity index (χ1) is 18.5. The number of hydrogen-bond donors (Lipinski definition) is 3. The van der Waals surface area contributed by atoms with Crippen LogP contribution in [-0.4, -0.2) is 52.2 Å². The molecule has 8 nitrogen and oxygen atoms in total. The molecular weight excluding hydrogens is 494 g/mol. The highest BCUT2D eigenvalue weighted by molar-refractivity contribution is 6.00. The van der Waals surface area contributed by atoms with Gasteiger partial charge in [-0.25, -0.2) is 4.79 Å². The van der Waals surface area contributed by atoms with Crippen LogP contribution in [0.15, 0.2) is 66.7 Å². The lowest BCUT2D eigenvalue weighted by atomic mass is 10.00. The van der Waals surface area contributed by atoms with Gasteiger partial charge in [0, 0.05) is 11.7 Å². The van der Waals surface area contributed by atoms with Gasteiger partial charge in [-0.15, -0.1) is 0 Å². The molecule has 3 amide bonds. The van der Waals surface area contributed by atoms with Crippen LogP contribution in [0, 0.1) is 12.8 Å². The van der Waals surface area contributed by atoms with E-state index in [1.165, 1.54) is 4.90 Å². The molecule has 0 radical (unpaired) electrons. The van der Waals surface area contributed by atoms with Crippen molar-refractivity contribution in [3.8, 4) is 0 Å². The molecule has 1 aliphatic rings. The molecule has 4 unspecified atom stereocenters. The number of nitrogens with one attached hydrogen (secondary N) is 2. The molecule has 0 saturated heterocycles. The lowest BCUT2D eigenvalue weighted by Crippen LogP contribution is -2.54. The maximum absolute atomic E-state index is 14.0. The molecule has 1 fully saturated rings. The van der Waals surface area contributed by atoms with Crippen LogP contribution in [0.2, 0.25) is 0 Å². The second-order valence-corrected chi connectivity index (χ2v) is 11.3. The first-order valence-electron chi connectivity index (χ1n) is 13.3. The van der Waals surface area contributed by atoms with E-state index in [4.69, 9.17) is 4.74 Å². The van der Waals surface area contributed by atoms with Crippen molar-refractivity contribution in [2.75, 3.05) is 11.9 Å². The van der Waals surface area contributed by atoms with Gasteiger partial charge in [-0.3, -0.25) is 9.59 Å². The largest absolute Gasteiger partial charge is 0.444 e. The van der Waals surface area contributed by atoms with Crippen molar-refractivity contribution >= 4 is 34.4 Å². The molecule has 0 aromatic heterocycles. The molecule has 1 saturated carbocycles. The number of rotatable bonds is 8. The molecule has 4 rings (SSSR count). The molecule has 206 valence electrons. The highest BCUT2D eigenvalue weighted by Gasteiger charge is 2.48. The Bertz CT molecular complexity index is 1370. The monoisotopic (exact) mass is 531 g/mol. The lowest BCUT2D eigenvalue weighted by molar-refractivity contribution is -0.142. The third kappa shape index (κ3) is 6.95. The molecule has 3 aromatic carbocycles. The van der Waals surface area contributed by atoms with E-state index >= 15 is 0 Å². The summed E-state index contributed by atoms with van der Waals surface area (Å²) in [6.45, 7) is 8.44. The van der Waals surface area contributed by atoms with Gasteiger partial charge < -0.3 is 25.4 Å². The zero-order valence-electron chi connectivity index (χ0n) is 23.1. The minimum Gasteiger partial charge on any atom is -0.444 e. The van der Waals surface area contributed by atoms with Crippen LogP contribution in [-0.2, 0) is 14.3 Å². The van der Waals surface area contributed by atoms with Gasteiger partial charge >= 0.3 is 6.09 Å². The van der Waals surface area contributed by atoms with E-state index < -0.39 is 36.3 Å². The number of fused-ring (bicyclic) bond motifs is 1. The van der Waals surface area contributed by atoms with Crippen molar-refractivity contribution in [2.24, 2.45) is 5.92 Å². The van der Waals surface area contributed by atoms with Crippen molar-refractivity contribution in [1.82, 2.24) is 10.2 Å². The number of aryl methyl sites for hydroxylation is 1. The Morgan fingerprint density at radius 2 is 1.72 bits per heavy atom. The highest BCUT2D eigenvalue weighted by Crippen LogP contribution is 2.41. The number of anilines is 1. The van der Waals surface area contributed by atoms with Crippen LogP contribution in [0.1, 0.15) is 51.3 Å². The van der Waals surface area contributed by atoms with E-state index in [2.05, 4.69) is 10.6 Å². The SMILES string of the molecule is Cc1cccc(C(C(=O)Nc2ccc3ccccc3c2)N(C(=O)C(CO)NC(=O)OC(C)(C)C)C2CC2C)c1. The fourth-order valence-electron chi connectivity index (χ4n) is 4.74. The van der Waals surface area contributed by atoms with Crippen molar-refractivity contribution in [1.29, 1.82) is 0 Å². The van der Waals surface area contributed by atoms with Gasteiger partial charge in [-0.1, -0.05) is 67.1 Å². The lowest BCUT2D eigenvalue weighted by Gasteiger charge is -2.34. The van der Waals surface area contributed by atoms with Crippen molar-refractivity contribution < 1.29 is 24.2 Å². The van der Waals surface area contributed by atoms with E-state index in [1.54, 1.807) is 20.8 Å². The minimum absolute atomic E-state index is 0.163. The molecule has 0 heterocycles. The topological polar surface area (TPSA) is 108 Å². The van der Waals surface area contributed by atoms with Gasteiger partial charge in [-0.05, 0) is 68.5 Å². The number of aliphatic hydroxyl groups is 1. The van der Waals surface area contributed by atoms with Gasteiger partial charge in [0.1, 0.15) is 17.7 Å². The van der Waals surface area contributed by atoms with Crippen molar-refractivity contribution in [3.63, 3.8) is 0 Å². The Hall–Kier alpha value is -3.91. The number of ether oxygens (including phenoxy) is 1. The fourth-order valence-corrected chi connectivity index (χ4v) is 4.74. The maximum atomic E-state index is 14.0. The summed E-state index contributed by atoms with van der Waals surface area (Å²) in [6, 6.07) is 18.5. The van der Waals surface area contributed by atoms with E-state index in [-0.39, 0.29) is 17.9 Å². The Balaban J connectivity index is 1.69. The molecule has 4 atom stereocenters. The number of benzene rings is 3. The quantitative estimate of drug-likeness (QED) is 0.381. The van der Waals surface area contributed by atoms with Crippen LogP contribution in [0.25, 0.3) is 10.8 Å². The van der Waals surface area contributed by atoms with Crippen LogP contribution >= 0.6 is 0 Å². The van der Waals surface area contributed by atoms with Crippen molar-refractivity contribution in [2.45, 2.75) is 64.8 Å². The third-order valence-electron chi connectivity index (χ3n) is 6.75. The number of aliphatic hydroxyl groups excluding tert-OH is 1. The number of carbonyl (C=O) groups is 3. The molecule has 3 aromatic rings. The first-order valence-corrected chi connectivity index (χ1v) is 13.3. The summed E-state index contributed by atoms with van der Waals surface area (Å²) in [6.07, 6.45) is -0.103. The van der Waals surface area contributed by atoms with Gasteiger partial charge in [0.15, 0.2) is 0 Å². The number of carbonyl (C=O) groups excluding carboxylic acids is 3. The highest BCUT2D eigenvalue weighted by atomic mass is 16.6. The fraction of sp³-hybridized carbons (Fsp3) is 0.387.